The van der Waals surface area contributed by atoms with Gasteiger partial charge < -0.3 is 5.11 Å². The SMILES string of the molecule is CC(=O)Cc1ccc2cc(S(=O)(=O)N(CCC(C)C)C(C(=O)CO)C(C)C)ccc2c1. The Labute approximate surface area is 185 Å². The smallest absolute Gasteiger partial charge is 0.243 e. The van der Waals surface area contributed by atoms with Gasteiger partial charge in [0.1, 0.15) is 12.4 Å². The zero-order valence-corrected chi connectivity index (χ0v) is 19.8. The molecule has 0 saturated carbocycles. The van der Waals surface area contributed by atoms with Crippen LogP contribution in [0.1, 0.15) is 46.6 Å². The van der Waals surface area contributed by atoms with Gasteiger partial charge in [0.25, 0.3) is 0 Å². The van der Waals surface area contributed by atoms with E-state index in [0.717, 1.165) is 16.3 Å². The number of hydrogen-bond acceptors (Lipinski definition) is 5. The number of aliphatic hydroxyl groups excluding tert-OH is 1. The number of hydrogen-bond donors (Lipinski definition) is 1. The van der Waals surface area contributed by atoms with E-state index in [1.807, 2.05) is 32.0 Å². The molecule has 2 rings (SSSR count). The largest absolute Gasteiger partial charge is 0.389 e. The number of ketones is 2. The van der Waals surface area contributed by atoms with Gasteiger partial charge in [0.05, 0.1) is 10.9 Å². The molecule has 1 N–H and O–H groups in total. The van der Waals surface area contributed by atoms with Crippen molar-refractivity contribution in [2.24, 2.45) is 11.8 Å². The lowest BCUT2D eigenvalue weighted by atomic mass is 9.99. The van der Waals surface area contributed by atoms with Gasteiger partial charge >= 0.3 is 0 Å². The van der Waals surface area contributed by atoms with E-state index in [2.05, 4.69) is 0 Å². The summed E-state index contributed by atoms with van der Waals surface area (Å²) < 4.78 is 28.5. The first-order valence-corrected chi connectivity index (χ1v) is 12.1. The van der Waals surface area contributed by atoms with Crippen molar-refractivity contribution in [3.8, 4) is 0 Å². The topological polar surface area (TPSA) is 91.8 Å². The van der Waals surface area contributed by atoms with Crippen LogP contribution in [-0.4, -0.2) is 48.6 Å². The first-order chi connectivity index (χ1) is 14.5. The molecular weight excluding hydrogens is 414 g/mol. The summed E-state index contributed by atoms with van der Waals surface area (Å²) in [6.45, 7) is 8.59. The lowest BCUT2D eigenvalue weighted by Crippen LogP contribution is -2.49. The Morgan fingerprint density at radius 3 is 2.16 bits per heavy atom. The van der Waals surface area contributed by atoms with Crippen LogP contribution in [0, 0.1) is 11.8 Å². The average Bonchev–Trinajstić information content (AvgIpc) is 2.68. The fourth-order valence-electron chi connectivity index (χ4n) is 3.72. The lowest BCUT2D eigenvalue weighted by molar-refractivity contribution is -0.126. The minimum atomic E-state index is -3.97. The fraction of sp³-hybridized carbons (Fsp3) is 0.500. The molecule has 0 amide bonds. The van der Waals surface area contributed by atoms with E-state index in [4.69, 9.17) is 0 Å². The molecule has 6 nitrogen and oxygen atoms in total. The molecule has 0 aliphatic carbocycles. The van der Waals surface area contributed by atoms with Gasteiger partial charge in [-0.15, -0.1) is 0 Å². The highest BCUT2D eigenvalue weighted by atomic mass is 32.2. The van der Waals surface area contributed by atoms with E-state index in [-0.39, 0.29) is 29.1 Å². The molecule has 170 valence electrons. The number of benzene rings is 2. The monoisotopic (exact) mass is 447 g/mol. The van der Waals surface area contributed by atoms with Gasteiger partial charge in [0, 0.05) is 13.0 Å². The van der Waals surface area contributed by atoms with Crippen LogP contribution in [0.25, 0.3) is 10.8 Å². The lowest BCUT2D eigenvalue weighted by Gasteiger charge is -2.32. The quantitative estimate of drug-likeness (QED) is 0.568. The van der Waals surface area contributed by atoms with Crippen molar-refractivity contribution < 1.29 is 23.1 Å². The van der Waals surface area contributed by atoms with Crippen molar-refractivity contribution in [2.75, 3.05) is 13.2 Å². The van der Waals surface area contributed by atoms with Crippen LogP contribution < -0.4 is 0 Å². The molecule has 7 heteroatoms. The molecule has 0 aliphatic heterocycles. The Kier molecular flexibility index (Phi) is 8.51. The standard InChI is InChI=1S/C24H33NO5S/c1-16(2)10-11-25(24(17(3)4)23(28)15-26)31(29,30)22-9-8-20-13-19(12-18(5)27)6-7-21(20)14-22/h6-9,13-14,16-17,24,26H,10-12,15H2,1-5H3. The van der Waals surface area contributed by atoms with Gasteiger partial charge in [0.2, 0.25) is 10.0 Å². The fourth-order valence-corrected chi connectivity index (χ4v) is 5.51. The van der Waals surface area contributed by atoms with Crippen molar-refractivity contribution in [3.05, 3.63) is 42.0 Å². The highest BCUT2D eigenvalue weighted by Crippen LogP contribution is 2.27. The second-order valence-electron chi connectivity index (χ2n) is 8.83. The molecule has 2 aromatic carbocycles. The van der Waals surface area contributed by atoms with Gasteiger partial charge in [-0.2, -0.15) is 4.31 Å². The summed E-state index contributed by atoms with van der Waals surface area (Å²) in [5, 5.41) is 11.0. The second kappa shape index (κ2) is 10.5. The first-order valence-electron chi connectivity index (χ1n) is 10.6. The average molecular weight is 448 g/mol. The Bertz CT molecular complexity index is 1040. The predicted octanol–water partition coefficient (Wildman–Crippen LogP) is 3.59. The third kappa shape index (κ3) is 6.21. The summed E-state index contributed by atoms with van der Waals surface area (Å²) in [6, 6.07) is 9.46. The Hall–Kier alpha value is -2.09. The van der Waals surface area contributed by atoms with Crippen LogP contribution in [0.3, 0.4) is 0 Å². The third-order valence-electron chi connectivity index (χ3n) is 5.29. The first kappa shape index (κ1) is 25.2. The van der Waals surface area contributed by atoms with Crippen molar-refractivity contribution in [3.63, 3.8) is 0 Å². The minimum absolute atomic E-state index is 0.0626. The van der Waals surface area contributed by atoms with Crippen LogP contribution in [-0.2, 0) is 26.0 Å². The summed E-state index contributed by atoms with van der Waals surface area (Å²) in [5.41, 5.74) is 0.877. The van der Waals surface area contributed by atoms with Crippen LogP contribution in [0.2, 0.25) is 0 Å². The summed E-state index contributed by atoms with van der Waals surface area (Å²) in [7, 11) is -3.97. The number of Topliss-reactive ketones (excluding diaryl/α,β-unsaturated/α-hetero) is 2. The molecule has 0 saturated heterocycles. The molecule has 1 unspecified atom stereocenters. The molecule has 0 aromatic heterocycles. The predicted molar refractivity (Wildman–Crippen MR) is 122 cm³/mol. The van der Waals surface area contributed by atoms with Gasteiger partial charge in [-0.25, -0.2) is 8.42 Å². The molecular formula is C24H33NO5S. The number of sulfonamides is 1. The molecule has 0 heterocycles. The number of fused-ring (bicyclic) bond motifs is 1. The minimum Gasteiger partial charge on any atom is -0.389 e. The normalized spacial score (nSPS) is 13.3. The van der Waals surface area contributed by atoms with Crippen molar-refractivity contribution >= 4 is 32.4 Å². The maximum Gasteiger partial charge on any atom is 0.243 e. The van der Waals surface area contributed by atoms with Crippen molar-refractivity contribution in [1.29, 1.82) is 0 Å². The summed E-state index contributed by atoms with van der Waals surface area (Å²) in [5.74, 6) is -0.466. The third-order valence-corrected chi connectivity index (χ3v) is 7.17. The number of aliphatic hydroxyl groups is 1. The van der Waals surface area contributed by atoms with Crippen molar-refractivity contribution in [1.82, 2.24) is 4.31 Å². The number of nitrogens with zero attached hydrogens (tertiary/aromatic N) is 1. The zero-order valence-electron chi connectivity index (χ0n) is 19.0. The molecule has 0 fully saturated rings. The Morgan fingerprint density at radius 1 is 1.00 bits per heavy atom. The highest BCUT2D eigenvalue weighted by Gasteiger charge is 2.37. The second-order valence-corrected chi connectivity index (χ2v) is 10.7. The molecule has 0 bridgehead atoms. The van der Waals surface area contributed by atoms with Gasteiger partial charge in [-0.05, 0) is 53.6 Å². The molecule has 0 aliphatic rings. The van der Waals surface area contributed by atoms with E-state index in [9.17, 15) is 23.1 Å². The van der Waals surface area contributed by atoms with Crippen LogP contribution in [0.15, 0.2) is 41.3 Å². The van der Waals surface area contributed by atoms with E-state index in [0.29, 0.717) is 12.8 Å². The summed E-state index contributed by atoms with van der Waals surface area (Å²) >= 11 is 0. The van der Waals surface area contributed by atoms with Gasteiger partial charge in [0.15, 0.2) is 5.78 Å². The van der Waals surface area contributed by atoms with E-state index in [1.165, 1.54) is 11.2 Å². The van der Waals surface area contributed by atoms with Crippen LogP contribution >= 0.6 is 0 Å². The van der Waals surface area contributed by atoms with E-state index in [1.54, 1.807) is 32.0 Å². The van der Waals surface area contributed by atoms with Crippen molar-refractivity contribution in [2.45, 2.75) is 58.4 Å². The molecule has 31 heavy (non-hydrogen) atoms. The number of carbonyl (C=O) groups excluding carboxylic acids is 2. The Balaban J connectivity index is 2.52. The summed E-state index contributed by atoms with van der Waals surface area (Å²) in [6.07, 6.45) is 0.932. The number of rotatable bonds is 11. The number of carbonyl (C=O) groups is 2. The maximum absolute atomic E-state index is 13.6. The van der Waals surface area contributed by atoms with Gasteiger partial charge in [-0.1, -0.05) is 52.0 Å². The van der Waals surface area contributed by atoms with Crippen LogP contribution in [0.4, 0.5) is 0 Å². The molecule has 0 spiro atoms. The van der Waals surface area contributed by atoms with Crippen LogP contribution in [0.5, 0.6) is 0 Å². The molecule has 0 radical (unpaired) electrons. The zero-order chi connectivity index (χ0) is 23.3. The van der Waals surface area contributed by atoms with E-state index >= 15 is 0 Å². The molecule has 2 aromatic rings. The molecule has 1 atom stereocenters. The van der Waals surface area contributed by atoms with Gasteiger partial charge in [-0.3, -0.25) is 9.59 Å². The Morgan fingerprint density at radius 2 is 1.61 bits per heavy atom. The van der Waals surface area contributed by atoms with E-state index < -0.39 is 28.5 Å². The maximum atomic E-state index is 13.6. The highest BCUT2D eigenvalue weighted by molar-refractivity contribution is 7.89. The summed E-state index contributed by atoms with van der Waals surface area (Å²) in [4.78, 5) is 24.0.